The van der Waals surface area contributed by atoms with Gasteiger partial charge in [0.25, 0.3) is 5.91 Å². The van der Waals surface area contributed by atoms with Crippen molar-refractivity contribution in [1.29, 1.82) is 0 Å². The second-order valence-electron chi connectivity index (χ2n) is 5.43. The Kier molecular flexibility index (Phi) is 3.94. The number of ether oxygens (including phenoxy) is 1. The Bertz CT molecular complexity index is 681. The zero-order chi connectivity index (χ0) is 15.7. The van der Waals surface area contributed by atoms with E-state index in [2.05, 4.69) is 5.10 Å². The molecule has 1 saturated heterocycles. The number of halogens is 1. The van der Waals surface area contributed by atoms with Gasteiger partial charge in [-0.25, -0.2) is 4.39 Å². The number of rotatable bonds is 2. The van der Waals surface area contributed by atoms with Crippen LogP contribution in [0, 0.1) is 12.7 Å². The van der Waals surface area contributed by atoms with E-state index in [0.29, 0.717) is 25.3 Å². The highest BCUT2D eigenvalue weighted by Gasteiger charge is 2.27. The molecule has 0 saturated carbocycles. The quantitative estimate of drug-likeness (QED) is 0.853. The first-order valence-electron chi connectivity index (χ1n) is 7.21. The van der Waals surface area contributed by atoms with Gasteiger partial charge >= 0.3 is 0 Å². The van der Waals surface area contributed by atoms with Crippen molar-refractivity contribution in [3.8, 4) is 0 Å². The van der Waals surface area contributed by atoms with Gasteiger partial charge in [-0.05, 0) is 24.6 Å². The number of aryl methyl sites for hydroxylation is 1. The van der Waals surface area contributed by atoms with Crippen molar-refractivity contribution in [1.82, 2.24) is 14.7 Å². The lowest BCUT2D eigenvalue weighted by Crippen LogP contribution is -2.42. The van der Waals surface area contributed by atoms with Crippen LogP contribution in [0.1, 0.15) is 27.7 Å². The van der Waals surface area contributed by atoms with Crippen LogP contribution in [0.2, 0.25) is 0 Å². The fourth-order valence-electron chi connectivity index (χ4n) is 2.59. The summed E-state index contributed by atoms with van der Waals surface area (Å²) in [7, 11) is 1.81. The van der Waals surface area contributed by atoms with E-state index in [-0.39, 0.29) is 17.8 Å². The molecule has 1 aromatic carbocycles. The molecule has 0 aliphatic carbocycles. The largest absolute Gasteiger partial charge is 0.370 e. The smallest absolute Gasteiger partial charge is 0.257 e. The lowest BCUT2D eigenvalue weighted by Gasteiger charge is -2.33. The second-order valence-corrected chi connectivity index (χ2v) is 5.43. The predicted octanol–water partition coefficient (Wildman–Crippen LogP) is 2.08. The number of carbonyl (C=O) groups excluding carboxylic acids is 1. The molecule has 1 fully saturated rings. The van der Waals surface area contributed by atoms with E-state index in [1.54, 1.807) is 27.9 Å². The zero-order valence-corrected chi connectivity index (χ0v) is 12.6. The van der Waals surface area contributed by atoms with Crippen LogP contribution in [0.15, 0.2) is 30.5 Å². The van der Waals surface area contributed by atoms with Crippen LogP contribution in [0.5, 0.6) is 0 Å². The normalized spacial score (nSPS) is 18.5. The highest BCUT2D eigenvalue weighted by molar-refractivity contribution is 5.95. The Hall–Kier alpha value is -2.21. The highest BCUT2D eigenvalue weighted by Crippen LogP contribution is 2.24. The standard InChI is InChI=1S/C16H18FN3O2/c1-11-14(9-18-19(11)2)16(21)20-7-8-22-15(10-20)12-3-5-13(17)6-4-12/h3-6,9,15H,7-8,10H2,1-2H3. The molecule has 0 spiro atoms. The summed E-state index contributed by atoms with van der Waals surface area (Å²) in [5, 5.41) is 4.12. The minimum absolute atomic E-state index is 0.0407. The van der Waals surface area contributed by atoms with Crippen LogP contribution >= 0.6 is 0 Å². The number of aromatic nitrogens is 2. The minimum atomic E-state index is -0.279. The summed E-state index contributed by atoms with van der Waals surface area (Å²) >= 11 is 0. The van der Waals surface area contributed by atoms with E-state index in [1.165, 1.54) is 12.1 Å². The molecule has 0 N–H and O–H groups in total. The molecule has 0 bridgehead atoms. The van der Waals surface area contributed by atoms with Crippen molar-refractivity contribution in [3.05, 3.63) is 53.1 Å². The number of amides is 1. The van der Waals surface area contributed by atoms with Crippen LogP contribution in [0.3, 0.4) is 0 Å². The van der Waals surface area contributed by atoms with Crippen LogP contribution in [-0.2, 0) is 11.8 Å². The molecule has 6 heteroatoms. The summed E-state index contributed by atoms with van der Waals surface area (Å²) in [5.41, 5.74) is 2.33. The molecule has 1 atom stereocenters. The molecule has 5 nitrogen and oxygen atoms in total. The molecule has 0 radical (unpaired) electrons. The van der Waals surface area contributed by atoms with Crippen LogP contribution in [-0.4, -0.2) is 40.3 Å². The maximum absolute atomic E-state index is 13.0. The molecule has 2 aromatic rings. The molecular formula is C16H18FN3O2. The second kappa shape index (κ2) is 5.88. The number of hydrogen-bond acceptors (Lipinski definition) is 3. The minimum Gasteiger partial charge on any atom is -0.370 e. The maximum atomic E-state index is 13.0. The lowest BCUT2D eigenvalue weighted by molar-refractivity contribution is -0.0228. The van der Waals surface area contributed by atoms with Crippen molar-refractivity contribution < 1.29 is 13.9 Å². The number of benzene rings is 1. The first-order chi connectivity index (χ1) is 10.6. The van der Waals surface area contributed by atoms with Crippen LogP contribution in [0.4, 0.5) is 4.39 Å². The lowest BCUT2D eigenvalue weighted by atomic mass is 10.1. The fraction of sp³-hybridized carbons (Fsp3) is 0.375. The first kappa shape index (κ1) is 14.7. The van der Waals surface area contributed by atoms with E-state index in [1.807, 2.05) is 14.0 Å². The average molecular weight is 303 g/mol. The van der Waals surface area contributed by atoms with Crippen molar-refractivity contribution in [2.24, 2.45) is 7.05 Å². The predicted molar refractivity (Wildman–Crippen MR) is 78.9 cm³/mol. The molecule has 116 valence electrons. The Labute approximate surface area is 128 Å². The monoisotopic (exact) mass is 303 g/mol. The van der Waals surface area contributed by atoms with Gasteiger partial charge in [-0.15, -0.1) is 0 Å². The van der Waals surface area contributed by atoms with Gasteiger partial charge in [0.2, 0.25) is 0 Å². The molecule has 1 unspecified atom stereocenters. The third-order valence-electron chi connectivity index (χ3n) is 4.06. The summed E-state index contributed by atoms with van der Waals surface area (Å²) in [5.74, 6) is -0.320. The number of carbonyl (C=O) groups is 1. The fourth-order valence-corrected chi connectivity index (χ4v) is 2.59. The van der Waals surface area contributed by atoms with Gasteiger partial charge in [-0.3, -0.25) is 9.48 Å². The van der Waals surface area contributed by atoms with Crippen LogP contribution < -0.4 is 0 Å². The van der Waals surface area contributed by atoms with Crippen molar-refractivity contribution in [2.45, 2.75) is 13.0 Å². The Morgan fingerprint density at radius 1 is 1.36 bits per heavy atom. The van der Waals surface area contributed by atoms with Gasteiger partial charge in [0.1, 0.15) is 11.9 Å². The SMILES string of the molecule is Cc1c(C(=O)N2CCOC(c3ccc(F)cc3)C2)cnn1C. The van der Waals surface area contributed by atoms with Crippen molar-refractivity contribution >= 4 is 5.91 Å². The van der Waals surface area contributed by atoms with E-state index in [4.69, 9.17) is 4.74 Å². The molecule has 1 amide bonds. The summed E-state index contributed by atoms with van der Waals surface area (Å²) in [6, 6.07) is 6.21. The molecule has 1 aliphatic rings. The van der Waals surface area contributed by atoms with E-state index >= 15 is 0 Å². The summed E-state index contributed by atoms with van der Waals surface area (Å²) < 4.78 is 20.4. The third kappa shape index (κ3) is 2.74. The van der Waals surface area contributed by atoms with Gasteiger partial charge in [0.15, 0.2) is 0 Å². The van der Waals surface area contributed by atoms with Crippen molar-refractivity contribution in [3.63, 3.8) is 0 Å². The van der Waals surface area contributed by atoms with Crippen LogP contribution in [0.25, 0.3) is 0 Å². The summed E-state index contributed by atoms with van der Waals surface area (Å²) in [6.45, 7) is 3.34. The van der Waals surface area contributed by atoms with E-state index in [0.717, 1.165) is 11.3 Å². The Balaban J connectivity index is 1.76. The highest BCUT2D eigenvalue weighted by atomic mass is 19.1. The number of morpholine rings is 1. The number of nitrogens with zero attached hydrogens (tertiary/aromatic N) is 3. The molecule has 3 rings (SSSR count). The van der Waals surface area contributed by atoms with Gasteiger partial charge in [-0.1, -0.05) is 12.1 Å². The average Bonchev–Trinajstić information content (AvgIpc) is 2.87. The maximum Gasteiger partial charge on any atom is 0.257 e. The van der Waals surface area contributed by atoms with E-state index in [9.17, 15) is 9.18 Å². The molecule has 22 heavy (non-hydrogen) atoms. The van der Waals surface area contributed by atoms with Gasteiger partial charge in [-0.2, -0.15) is 5.10 Å². The Morgan fingerprint density at radius 2 is 2.09 bits per heavy atom. The summed E-state index contributed by atoms with van der Waals surface area (Å²) in [6.07, 6.45) is 1.37. The summed E-state index contributed by atoms with van der Waals surface area (Å²) in [4.78, 5) is 14.4. The third-order valence-corrected chi connectivity index (χ3v) is 4.06. The molecule has 1 aromatic heterocycles. The van der Waals surface area contributed by atoms with Gasteiger partial charge < -0.3 is 9.64 Å². The van der Waals surface area contributed by atoms with Gasteiger partial charge in [0, 0.05) is 19.3 Å². The van der Waals surface area contributed by atoms with E-state index < -0.39 is 0 Å². The number of hydrogen-bond donors (Lipinski definition) is 0. The first-order valence-corrected chi connectivity index (χ1v) is 7.21. The van der Waals surface area contributed by atoms with Gasteiger partial charge in [0.05, 0.1) is 24.9 Å². The zero-order valence-electron chi connectivity index (χ0n) is 12.6. The molecule has 1 aliphatic heterocycles. The Morgan fingerprint density at radius 3 is 2.73 bits per heavy atom. The molecular weight excluding hydrogens is 285 g/mol. The topological polar surface area (TPSA) is 47.4 Å². The van der Waals surface area contributed by atoms with Crippen molar-refractivity contribution in [2.75, 3.05) is 19.7 Å². The molecule has 2 heterocycles.